The predicted octanol–water partition coefficient (Wildman–Crippen LogP) is 4.49. The van der Waals surface area contributed by atoms with E-state index >= 15 is 0 Å². The molecule has 1 aliphatic heterocycles. The number of halogens is 3. The third kappa shape index (κ3) is 3.15. The number of alkyl halides is 3. The van der Waals surface area contributed by atoms with Gasteiger partial charge in [-0.3, -0.25) is 9.88 Å². The maximum absolute atomic E-state index is 13.1. The Labute approximate surface area is 160 Å². The third-order valence-corrected chi connectivity index (χ3v) is 5.79. The van der Waals surface area contributed by atoms with Crippen LogP contribution in [0.4, 0.5) is 23.7 Å². The minimum Gasteiger partial charge on any atom is -0.318 e. The van der Waals surface area contributed by atoms with Crippen LogP contribution in [0.1, 0.15) is 25.7 Å². The zero-order valence-electron chi connectivity index (χ0n) is 15.1. The van der Waals surface area contributed by atoms with Crippen molar-refractivity contribution in [3.63, 3.8) is 0 Å². The van der Waals surface area contributed by atoms with E-state index in [0.717, 1.165) is 10.8 Å². The second-order valence-corrected chi connectivity index (χ2v) is 7.38. The van der Waals surface area contributed by atoms with Gasteiger partial charge in [-0.15, -0.1) is 0 Å². The Morgan fingerprint density at radius 1 is 1.11 bits per heavy atom. The highest BCUT2D eigenvalue weighted by molar-refractivity contribution is 6.04. The molecule has 1 aromatic heterocycles. The van der Waals surface area contributed by atoms with Crippen LogP contribution in [0.5, 0.6) is 0 Å². The van der Waals surface area contributed by atoms with Gasteiger partial charge >= 0.3 is 12.2 Å². The van der Waals surface area contributed by atoms with Crippen LogP contribution < -0.4 is 4.90 Å². The first-order valence-electron chi connectivity index (χ1n) is 9.29. The largest absolute Gasteiger partial charge is 0.391 e. The van der Waals surface area contributed by atoms with Gasteiger partial charge in [0.15, 0.2) is 0 Å². The number of anilines is 1. The summed E-state index contributed by atoms with van der Waals surface area (Å²) in [5.74, 6) is -1.30. The van der Waals surface area contributed by atoms with Gasteiger partial charge in [-0.2, -0.15) is 18.4 Å². The SMILES string of the molecule is N#C[C@H]1CN(C2CCC(C(F)(F)F)CC2)C(=O)N1c1cncc2ccccc12. The van der Waals surface area contributed by atoms with Crippen molar-refractivity contribution < 1.29 is 18.0 Å². The Morgan fingerprint density at radius 3 is 2.50 bits per heavy atom. The zero-order valence-corrected chi connectivity index (χ0v) is 15.1. The molecule has 2 aliphatic rings. The predicted molar refractivity (Wildman–Crippen MR) is 97.5 cm³/mol. The number of carbonyl (C=O) groups excluding carboxylic acids is 1. The molecule has 28 heavy (non-hydrogen) atoms. The van der Waals surface area contributed by atoms with Crippen LogP contribution in [-0.2, 0) is 0 Å². The molecule has 0 unspecified atom stereocenters. The average molecular weight is 388 g/mol. The molecule has 1 aromatic carbocycles. The fourth-order valence-corrected chi connectivity index (χ4v) is 4.30. The lowest BCUT2D eigenvalue weighted by atomic mass is 9.85. The Morgan fingerprint density at radius 2 is 1.82 bits per heavy atom. The molecular weight excluding hydrogens is 369 g/mol. The summed E-state index contributed by atoms with van der Waals surface area (Å²) in [5, 5.41) is 11.3. The van der Waals surface area contributed by atoms with Crippen molar-refractivity contribution >= 4 is 22.5 Å². The van der Waals surface area contributed by atoms with Crippen molar-refractivity contribution in [3.8, 4) is 6.07 Å². The molecule has 0 bridgehead atoms. The number of fused-ring (bicyclic) bond motifs is 1. The third-order valence-electron chi connectivity index (χ3n) is 5.79. The maximum Gasteiger partial charge on any atom is 0.391 e. The minimum absolute atomic E-state index is 0.0188. The molecule has 5 nitrogen and oxygen atoms in total. The molecule has 0 spiro atoms. The summed E-state index contributed by atoms with van der Waals surface area (Å²) in [6.45, 7) is 0.194. The fourth-order valence-electron chi connectivity index (χ4n) is 4.30. The van der Waals surface area contributed by atoms with Gasteiger partial charge < -0.3 is 4.90 Å². The molecule has 2 fully saturated rings. The maximum atomic E-state index is 13.1. The van der Waals surface area contributed by atoms with Gasteiger partial charge in [-0.25, -0.2) is 4.79 Å². The molecule has 0 radical (unpaired) electrons. The van der Waals surface area contributed by atoms with E-state index in [1.165, 1.54) is 4.90 Å². The number of benzene rings is 1. The Balaban J connectivity index is 1.59. The van der Waals surface area contributed by atoms with Gasteiger partial charge in [0.05, 0.1) is 30.4 Å². The van der Waals surface area contributed by atoms with Crippen LogP contribution in [0.15, 0.2) is 36.7 Å². The molecule has 146 valence electrons. The highest BCUT2D eigenvalue weighted by Crippen LogP contribution is 2.40. The van der Waals surface area contributed by atoms with Crippen molar-refractivity contribution in [1.29, 1.82) is 5.26 Å². The normalized spacial score (nSPS) is 25.9. The number of carbonyl (C=O) groups is 1. The van der Waals surface area contributed by atoms with E-state index in [1.807, 2.05) is 24.3 Å². The average Bonchev–Trinajstić information content (AvgIpc) is 3.03. The number of hydrogen-bond acceptors (Lipinski definition) is 3. The summed E-state index contributed by atoms with van der Waals surface area (Å²) < 4.78 is 38.8. The molecule has 4 rings (SSSR count). The molecule has 2 heterocycles. The van der Waals surface area contributed by atoms with E-state index in [4.69, 9.17) is 0 Å². The number of aromatic nitrogens is 1. The first-order chi connectivity index (χ1) is 13.4. The van der Waals surface area contributed by atoms with Gasteiger partial charge in [0.25, 0.3) is 0 Å². The van der Waals surface area contributed by atoms with Crippen molar-refractivity contribution in [1.82, 2.24) is 9.88 Å². The lowest BCUT2D eigenvalue weighted by molar-refractivity contribution is -0.183. The summed E-state index contributed by atoms with van der Waals surface area (Å²) in [6, 6.07) is 8.33. The minimum atomic E-state index is -4.18. The summed E-state index contributed by atoms with van der Waals surface area (Å²) in [7, 11) is 0. The second-order valence-electron chi connectivity index (χ2n) is 7.38. The first-order valence-corrected chi connectivity index (χ1v) is 9.29. The number of hydrogen-bond donors (Lipinski definition) is 0. The molecule has 1 saturated carbocycles. The molecule has 1 aliphatic carbocycles. The monoisotopic (exact) mass is 388 g/mol. The van der Waals surface area contributed by atoms with Crippen molar-refractivity contribution in [2.24, 2.45) is 5.92 Å². The van der Waals surface area contributed by atoms with Crippen LogP contribution in [0.2, 0.25) is 0 Å². The quantitative estimate of drug-likeness (QED) is 0.762. The molecule has 8 heteroatoms. The smallest absolute Gasteiger partial charge is 0.318 e. The number of urea groups is 1. The highest BCUT2D eigenvalue weighted by Gasteiger charge is 2.46. The zero-order chi connectivity index (χ0) is 19.9. The van der Waals surface area contributed by atoms with Crippen molar-refractivity contribution in [2.75, 3.05) is 11.4 Å². The summed E-state index contributed by atoms with van der Waals surface area (Å²) >= 11 is 0. The summed E-state index contributed by atoms with van der Waals surface area (Å²) in [5.41, 5.74) is 0.557. The highest BCUT2D eigenvalue weighted by atomic mass is 19.4. The molecule has 2 amide bonds. The first kappa shape index (κ1) is 18.5. The van der Waals surface area contributed by atoms with E-state index < -0.39 is 18.1 Å². The van der Waals surface area contributed by atoms with E-state index in [1.54, 1.807) is 17.3 Å². The van der Waals surface area contributed by atoms with Gasteiger partial charge in [-0.1, -0.05) is 24.3 Å². The van der Waals surface area contributed by atoms with Gasteiger partial charge in [0.1, 0.15) is 6.04 Å². The lowest BCUT2D eigenvalue weighted by Gasteiger charge is -2.34. The van der Waals surface area contributed by atoms with E-state index in [2.05, 4.69) is 11.1 Å². The Kier molecular flexibility index (Phi) is 4.61. The topological polar surface area (TPSA) is 60.2 Å². The number of pyridine rings is 1. The van der Waals surface area contributed by atoms with Crippen LogP contribution >= 0.6 is 0 Å². The Hall–Kier alpha value is -2.82. The van der Waals surface area contributed by atoms with Crippen molar-refractivity contribution in [3.05, 3.63) is 36.7 Å². The second kappa shape index (κ2) is 6.97. The Bertz CT molecular complexity index is 926. The summed E-state index contributed by atoms with van der Waals surface area (Å²) in [6.07, 6.45) is -0.289. The molecule has 0 N–H and O–H groups in total. The van der Waals surface area contributed by atoms with E-state index in [-0.39, 0.29) is 31.5 Å². The number of rotatable bonds is 2. The number of nitriles is 1. The number of amides is 2. The van der Waals surface area contributed by atoms with E-state index in [0.29, 0.717) is 18.5 Å². The number of nitrogens with zero attached hydrogens (tertiary/aromatic N) is 4. The fraction of sp³-hybridized carbons (Fsp3) is 0.450. The van der Waals surface area contributed by atoms with Crippen LogP contribution in [0.25, 0.3) is 10.8 Å². The van der Waals surface area contributed by atoms with E-state index in [9.17, 15) is 23.2 Å². The van der Waals surface area contributed by atoms with Gasteiger partial charge in [0, 0.05) is 23.0 Å². The van der Waals surface area contributed by atoms with Gasteiger partial charge in [0.2, 0.25) is 0 Å². The van der Waals surface area contributed by atoms with Gasteiger partial charge in [-0.05, 0) is 25.7 Å². The molecule has 1 atom stereocenters. The van der Waals surface area contributed by atoms with Crippen molar-refractivity contribution in [2.45, 2.75) is 43.9 Å². The summed E-state index contributed by atoms with van der Waals surface area (Å²) in [4.78, 5) is 20.3. The molecular formula is C20H19F3N4O. The molecule has 2 aromatic rings. The molecule has 1 saturated heterocycles. The van der Waals surface area contributed by atoms with Crippen LogP contribution in [0.3, 0.4) is 0 Å². The standard InChI is InChI=1S/C20H19F3N4O/c21-20(22,23)14-5-7-15(8-6-14)26-12-16(9-24)27(19(26)28)18-11-25-10-13-3-1-2-4-17(13)18/h1-4,10-11,14-16H,5-8,12H2/t14?,15?,16-/m0/s1. The van der Waals surface area contributed by atoms with Crippen LogP contribution in [0, 0.1) is 17.2 Å². The van der Waals surface area contributed by atoms with Crippen LogP contribution in [-0.4, -0.2) is 40.7 Å². The lowest BCUT2D eigenvalue weighted by Crippen LogP contribution is -2.43.